The SMILES string of the molecule is COc1cccc(C(=O)NCCOCCBr)c1OC. The van der Waals surface area contributed by atoms with Gasteiger partial charge in [0.1, 0.15) is 0 Å². The molecule has 0 heterocycles. The van der Waals surface area contributed by atoms with E-state index in [-0.39, 0.29) is 5.91 Å². The van der Waals surface area contributed by atoms with Gasteiger partial charge in [-0.25, -0.2) is 0 Å². The third-order valence-electron chi connectivity index (χ3n) is 2.40. The van der Waals surface area contributed by atoms with Crippen LogP contribution in [0.2, 0.25) is 0 Å². The van der Waals surface area contributed by atoms with Crippen LogP contribution in [0.4, 0.5) is 0 Å². The monoisotopic (exact) mass is 331 g/mol. The van der Waals surface area contributed by atoms with Crippen molar-refractivity contribution in [2.75, 3.05) is 39.3 Å². The van der Waals surface area contributed by atoms with Crippen LogP contribution in [0.5, 0.6) is 11.5 Å². The molecule has 6 heteroatoms. The molecule has 106 valence electrons. The first-order chi connectivity index (χ1) is 9.24. The molecule has 0 fully saturated rings. The fourth-order valence-corrected chi connectivity index (χ4v) is 1.78. The van der Waals surface area contributed by atoms with Crippen molar-refractivity contribution < 1.29 is 19.0 Å². The molecule has 0 atom stereocenters. The summed E-state index contributed by atoms with van der Waals surface area (Å²) in [6.45, 7) is 1.55. The van der Waals surface area contributed by atoms with Gasteiger partial charge in [-0.2, -0.15) is 0 Å². The first kappa shape index (κ1) is 15.8. The Morgan fingerprint density at radius 2 is 2.05 bits per heavy atom. The van der Waals surface area contributed by atoms with Crippen LogP contribution in [0.15, 0.2) is 18.2 Å². The van der Waals surface area contributed by atoms with Crippen molar-refractivity contribution in [2.45, 2.75) is 0 Å². The summed E-state index contributed by atoms with van der Waals surface area (Å²) in [5, 5.41) is 3.55. The Kier molecular flexibility index (Phi) is 7.28. The van der Waals surface area contributed by atoms with Crippen molar-refractivity contribution in [3.8, 4) is 11.5 Å². The molecular weight excluding hydrogens is 314 g/mol. The van der Waals surface area contributed by atoms with Crippen LogP contribution in [0.1, 0.15) is 10.4 Å². The molecule has 0 unspecified atom stereocenters. The number of rotatable bonds is 8. The Morgan fingerprint density at radius 3 is 2.68 bits per heavy atom. The zero-order valence-electron chi connectivity index (χ0n) is 11.1. The van der Waals surface area contributed by atoms with Crippen molar-refractivity contribution in [1.29, 1.82) is 0 Å². The van der Waals surface area contributed by atoms with Gasteiger partial charge in [-0.05, 0) is 12.1 Å². The van der Waals surface area contributed by atoms with Crippen LogP contribution in [-0.2, 0) is 4.74 Å². The highest BCUT2D eigenvalue weighted by Gasteiger charge is 2.15. The summed E-state index contributed by atoms with van der Waals surface area (Å²) in [7, 11) is 3.04. The Labute approximate surface area is 121 Å². The quantitative estimate of drug-likeness (QED) is 0.583. The molecule has 19 heavy (non-hydrogen) atoms. The smallest absolute Gasteiger partial charge is 0.255 e. The van der Waals surface area contributed by atoms with E-state index in [0.29, 0.717) is 36.8 Å². The highest BCUT2D eigenvalue weighted by atomic mass is 79.9. The molecule has 1 aromatic carbocycles. The van der Waals surface area contributed by atoms with Gasteiger partial charge >= 0.3 is 0 Å². The zero-order chi connectivity index (χ0) is 14.1. The van der Waals surface area contributed by atoms with E-state index >= 15 is 0 Å². The number of benzene rings is 1. The number of carbonyl (C=O) groups excluding carboxylic acids is 1. The summed E-state index contributed by atoms with van der Waals surface area (Å²) in [6.07, 6.45) is 0. The topological polar surface area (TPSA) is 56.8 Å². The number of ether oxygens (including phenoxy) is 3. The van der Waals surface area contributed by atoms with E-state index in [2.05, 4.69) is 21.2 Å². The summed E-state index contributed by atoms with van der Waals surface area (Å²) in [4.78, 5) is 12.0. The molecule has 0 aliphatic rings. The Balaban J connectivity index is 2.61. The molecule has 1 amide bonds. The predicted molar refractivity (Wildman–Crippen MR) is 76.5 cm³/mol. The lowest BCUT2D eigenvalue weighted by Crippen LogP contribution is -2.27. The van der Waals surface area contributed by atoms with Crippen molar-refractivity contribution in [3.05, 3.63) is 23.8 Å². The summed E-state index contributed by atoms with van der Waals surface area (Å²) in [6, 6.07) is 5.18. The first-order valence-electron chi connectivity index (χ1n) is 5.87. The minimum absolute atomic E-state index is 0.210. The maximum absolute atomic E-state index is 12.0. The van der Waals surface area contributed by atoms with E-state index in [1.165, 1.54) is 14.2 Å². The van der Waals surface area contributed by atoms with E-state index in [1.807, 2.05) is 0 Å². The maximum Gasteiger partial charge on any atom is 0.255 e. The molecule has 5 nitrogen and oxygen atoms in total. The Hall–Kier alpha value is -1.27. The molecule has 0 radical (unpaired) electrons. The van der Waals surface area contributed by atoms with E-state index in [0.717, 1.165) is 5.33 Å². The maximum atomic E-state index is 12.0. The van der Waals surface area contributed by atoms with Crippen LogP contribution >= 0.6 is 15.9 Å². The number of nitrogens with one attached hydrogen (secondary N) is 1. The van der Waals surface area contributed by atoms with Crippen molar-refractivity contribution in [1.82, 2.24) is 5.32 Å². The second-order valence-electron chi connectivity index (χ2n) is 3.60. The fourth-order valence-electron chi connectivity index (χ4n) is 1.55. The average Bonchev–Trinajstić information content (AvgIpc) is 2.45. The minimum Gasteiger partial charge on any atom is -0.493 e. The van der Waals surface area contributed by atoms with Crippen LogP contribution in [0.3, 0.4) is 0 Å². The summed E-state index contributed by atoms with van der Waals surface area (Å²) in [5.74, 6) is 0.757. The number of amides is 1. The van der Waals surface area contributed by atoms with Crippen LogP contribution < -0.4 is 14.8 Å². The molecule has 0 aromatic heterocycles. The van der Waals surface area contributed by atoms with Gasteiger partial charge in [0.05, 0.1) is 33.0 Å². The van der Waals surface area contributed by atoms with Gasteiger partial charge in [-0.15, -0.1) is 0 Å². The van der Waals surface area contributed by atoms with Gasteiger partial charge in [0.25, 0.3) is 5.91 Å². The molecule has 0 aliphatic heterocycles. The number of alkyl halides is 1. The third kappa shape index (κ3) is 4.72. The standard InChI is InChI=1S/C13H18BrNO4/c1-17-11-5-3-4-10(12(11)18-2)13(16)15-7-9-19-8-6-14/h3-5H,6-9H2,1-2H3,(H,15,16). The van der Waals surface area contributed by atoms with Gasteiger partial charge in [0.15, 0.2) is 11.5 Å². The van der Waals surface area contributed by atoms with Gasteiger partial charge in [-0.1, -0.05) is 22.0 Å². The van der Waals surface area contributed by atoms with Gasteiger partial charge < -0.3 is 19.5 Å². The normalized spacial score (nSPS) is 10.1. The van der Waals surface area contributed by atoms with Crippen LogP contribution in [0.25, 0.3) is 0 Å². The Morgan fingerprint density at radius 1 is 1.26 bits per heavy atom. The number of para-hydroxylation sites is 1. The Bertz CT molecular complexity index is 412. The molecule has 0 saturated heterocycles. The molecular formula is C13H18BrNO4. The lowest BCUT2D eigenvalue weighted by molar-refractivity contribution is 0.0920. The van der Waals surface area contributed by atoms with Crippen molar-refractivity contribution >= 4 is 21.8 Å². The molecule has 1 rings (SSSR count). The minimum atomic E-state index is -0.210. The first-order valence-corrected chi connectivity index (χ1v) is 6.99. The van der Waals surface area contributed by atoms with E-state index < -0.39 is 0 Å². The van der Waals surface area contributed by atoms with Gasteiger partial charge in [0.2, 0.25) is 0 Å². The van der Waals surface area contributed by atoms with E-state index in [1.54, 1.807) is 18.2 Å². The molecule has 0 bridgehead atoms. The summed E-state index contributed by atoms with van der Waals surface area (Å²) >= 11 is 3.26. The number of methoxy groups -OCH3 is 2. The van der Waals surface area contributed by atoms with Crippen LogP contribution in [0, 0.1) is 0 Å². The lowest BCUT2D eigenvalue weighted by Gasteiger charge is -2.12. The van der Waals surface area contributed by atoms with E-state index in [4.69, 9.17) is 14.2 Å². The lowest BCUT2D eigenvalue weighted by atomic mass is 10.1. The van der Waals surface area contributed by atoms with Gasteiger partial charge in [-0.3, -0.25) is 4.79 Å². The zero-order valence-corrected chi connectivity index (χ0v) is 12.7. The fraction of sp³-hybridized carbons (Fsp3) is 0.462. The van der Waals surface area contributed by atoms with Crippen LogP contribution in [-0.4, -0.2) is 45.2 Å². The second kappa shape index (κ2) is 8.77. The molecule has 0 spiro atoms. The largest absolute Gasteiger partial charge is 0.493 e. The van der Waals surface area contributed by atoms with Crippen molar-refractivity contribution in [2.24, 2.45) is 0 Å². The summed E-state index contributed by atoms with van der Waals surface area (Å²) < 4.78 is 15.6. The molecule has 0 aliphatic carbocycles. The average molecular weight is 332 g/mol. The molecule has 1 N–H and O–H groups in total. The van der Waals surface area contributed by atoms with E-state index in [9.17, 15) is 4.79 Å². The number of carbonyl (C=O) groups is 1. The molecule has 0 saturated carbocycles. The number of hydrogen-bond donors (Lipinski definition) is 1. The second-order valence-corrected chi connectivity index (χ2v) is 4.39. The number of halogens is 1. The van der Waals surface area contributed by atoms with Gasteiger partial charge in [0, 0.05) is 11.9 Å². The summed E-state index contributed by atoms with van der Waals surface area (Å²) in [5.41, 5.74) is 0.447. The van der Waals surface area contributed by atoms with Crippen molar-refractivity contribution in [3.63, 3.8) is 0 Å². The number of hydrogen-bond acceptors (Lipinski definition) is 4. The molecule has 1 aromatic rings. The predicted octanol–water partition coefficient (Wildman–Crippen LogP) is 1.85. The highest BCUT2D eigenvalue weighted by molar-refractivity contribution is 9.09. The highest BCUT2D eigenvalue weighted by Crippen LogP contribution is 2.30. The third-order valence-corrected chi connectivity index (χ3v) is 2.72.